The topological polar surface area (TPSA) is 27.7 Å². The van der Waals surface area contributed by atoms with E-state index in [0.717, 1.165) is 44.9 Å². The number of benzene rings is 1. The van der Waals surface area contributed by atoms with Crippen LogP contribution in [0.2, 0.25) is 0 Å². The fourth-order valence-corrected chi connectivity index (χ4v) is 2.93. The van der Waals surface area contributed by atoms with Gasteiger partial charge in [-0.2, -0.15) is 0 Å². The minimum Gasteiger partial charge on any atom is -0.486 e. The number of piperazine rings is 1. The van der Waals surface area contributed by atoms with Gasteiger partial charge >= 0.3 is 0 Å². The summed E-state index contributed by atoms with van der Waals surface area (Å²) in [6, 6.07) is 6.64. The van der Waals surface area contributed by atoms with Gasteiger partial charge in [0.2, 0.25) is 0 Å². The number of nitrogens with zero attached hydrogens (tertiary/aromatic N) is 2. The summed E-state index contributed by atoms with van der Waals surface area (Å²) in [5.41, 5.74) is 2.38. The fourth-order valence-electron chi connectivity index (χ4n) is 2.93. The van der Waals surface area contributed by atoms with Crippen LogP contribution in [0.15, 0.2) is 18.2 Å². The van der Waals surface area contributed by atoms with E-state index < -0.39 is 0 Å². The molecule has 1 N–H and O–H groups in total. The van der Waals surface area contributed by atoms with Gasteiger partial charge in [-0.15, -0.1) is 0 Å². The minimum absolute atomic E-state index is 0.0956. The third kappa shape index (κ3) is 2.70. The minimum atomic E-state index is -0.0956. The van der Waals surface area contributed by atoms with E-state index in [2.05, 4.69) is 54.2 Å². The third-order valence-electron chi connectivity index (χ3n) is 4.27. The Bertz CT molecular complexity index is 481. The summed E-state index contributed by atoms with van der Waals surface area (Å²) in [4.78, 5) is 4.73. The Balaban J connectivity index is 1.91. The van der Waals surface area contributed by atoms with Gasteiger partial charge in [0.25, 0.3) is 0 Å². The van der Waals surface area contributed by atoms with Crippen molar-refractivity contribution in [2.45, 2.75) is 25.9 Å². The van der Waals surface area contributed by atoms with E-state index in [-0.39, 0.29) is 5.60 Å². The van der Waals surface area contributed by atoms with E-state index in [1.807, 2.05) is 0 Å². The van der Waals surface area contributed by atoms with E-state index in [9.17, 15) is 0 Å². The van der Waals surface area contributed by atoms with E-state index >= 15 is 0 Å². The molecular weight excluding hydrogens is 250 g/mol. The van der Waals surface area contributed by atoms with Gasteiger partial charge in [-0.25, -0.2) is 0 Å². The van der Waals surface area contributed by atoms with Crippen LogP contribution in [0.3, 0.4) is 0 Å². The standard InChI is InChI=1S/C16H25N3O/c1-16(2)6-9-18(3)14-5-4-13(12-15(14)20-16)19-10-7-17-8-11-19/h4-5,12,17H,6-11H2,1-3H3. The molecule has 0 saturated carbocycles. The highest BCUT2D eigenvalue weighted by atomic mass is 16.5. The highest BCUT2D eigenvalue weighted by Crippen LogP contribution is 2.38. The van der Waals surface area contributed by atoms with Gasteiger partial charge in [-0.3, -0.25) is 0 Å². The zero-order valence-corrected chi connectivity index (χ0v) is 12.8. The number of hydrogen-bond donors (Lipinski definition) is 1. The van der Waals surface area contributed by atoms with E-state index in [0.29, 0.717) is 0 Å². The predicted octanol–water partition coefficient (Wildman–Crippen LogP) is 2.09. The first kappa shape index (κ1) is 13.6. The molecule has 0 aliphatic carbocycles. The van der Waals surface area contributed by atoms with Crippen molar-refractivity contribution in [1.29, 1.82) is 0 Å². The van der Waals surface area contributed by atoms with Crippen molar-refractivity contribution >= 4 is 11.4 Å². The summed E-state index contributed by atoms with van der Waals surface area (Å²) in [5, 5.41) is 3.40. The Morgan fingerprint density at radius 3 is 2.65 bits per heavy atom. The van der Waals surface area contributed by atoms with Crippen molar-refractivity contribution in [1.82, 2.24) is 5.32 Å². The van der Waals surface area contributed by atoms with Gasteiger partial charge in [0.15, 0.2) is 0 Å². The molecule has 0 radical (unpaired) electrons. The Hall–Kier alpha value is -1.42. The summed E-state index contributed by atoms with van der Waals surface area (Å²) < 4.78 is 6.26. The molecular formula is C16H25N3O. The van der Waals surface area contributed by atoms with Crippen molar-refractivity contribution in [3.63, 3.8) is 0 Å². The average molecular weight is 275 g/mol. The van der Waals surface area contributed by atoms with Crippen LogP contribution >= 0.6 is 0 Å². The Morgan fingerprint density at radius 2 is 1.90 bits per heavy atom. The fraction of sp³-hybridized carbons (Fsp3) is 0.625. The highest BCUT2D eigenvalue weighted by molar-refractivity contribution is 5.66. The quantitative estimate of drug-likeness (QED) is 0.849. The molecule has 2 aliphatic heterocycles. The number of ether oxygens (including phenoxy) is 1. The van der Waals surface area contributed by atoms with Crippen LogP contribution in [0, 0.1) is 0 Å². The first-order valence-corrected chi connectivity index (χ1v) is 7.55. The Morgan fingerprint density at radius 1 is 1.15 bits per heavy atom. The van der Waals surface area contributed by atoms with Crippen LogP contribution in [0.1, 0.15) is 20.3 Å². The van der Waals surface area contributed by atoms with Crippen molar-refractivity contribution < 1.29 is 4.74 Å². The van der Waals surface area contributed by atoms with E-state index in [4.69, 9.17) is 4.74 Å². The molecule has 0 amide bonds. The number of hydrogen-bond acceptors (Lipinski definition) is 4. The van der Waals surface area contributed by atoms with Crippen LogP contribution in [0.4, 0.5) is 11.4 Å². The molecule has 0 spiro atoms. The lowest BCUT2D eigenvalue weighted by Crippen LogP contribution is -2.43. The lowest BCUT2D eigenvalue weighted by Gasteiger charge is -2.31. The molecule has 0 aromatic heterocycles. The molecule has 110 valence electrons. The predicted molar refractivity (Wildman–Crippen MR) is 84.1 cm³/mol. The lowest BCUT2D eigenvalue weighted by atomic mass is 10.1. The molecule has 2 aliphatic rings. The second-order valence-corrected chi connectivity index (χ2v) is 6.42. The van der Waals surface area contributed by atoms with Crippen molar-refractivity contribution in [2.75, 3.05) is 49.6 Å². The van der Waals surface area contributed by atoms with Gasteiger partial charge in [-0.05, 0) is 26.0 Å². The molecule has 20 heavy (non-hydrogen) atoms. The smallest absolute Gasteiger partial charge is 0.145 e. The normalized spacial score (nSPS) is 21.9. The monoisotopic (exact) mass is 275 g/mol. The molecule has 0 unspecified atom stereocenters. The maximum Gasteiger partial charge on any atom is 0.145 e. The molecule has 2 heterocycles. The SMILES string of the molecule is CN1CCC(C)(C)Oc2cc(N3CCNCC3)ccc21. The number of fused-ring (bicyclic) bond motifs is 1. The van der Waals surface area contributed by atoms with Crippen LogP contribution < -0.4 is 19.9 Å². The number of anilines is 2. The molecule has 3 rings (SSSR count). The van der Waals surface area contributed by atoms with Crippen molar-refractivity contribution in [3.05, 3.63) is 18.2 Å². The largest absolute Gasteiger partial charge is 0.486 e. The number of nitrogens with one attached hydrogen (secondary N) is 1. The first-order chi connectivity index (χ1) is 9.55. The summed E-state index contributed by atoms with van der Waals surface area (Å²) >= 11 is 0. The van der Waals surface area contributed by atoms with Crippen LogP contribution in [-0.4, -0.2) is 45.4 Å². The molecule has 0 bridgehead atoms. The molecule has 1 aromatic carbocycles. The summed E-state index contributed by atoms with van der Waals surface area (Å²) in [5.74, 6) is 1.02. The molecule has 4 nitrogen and oxygen atoms in total. The van der Waals surface area contributed by atoms with Crippen molar-refractivity contribution in [2.24, 2.45) is 0 Å². The zero-order valence-electron chi connectivity index (χ0n) is 12.8. The zero-order chi connectivity index (χ0) is 14.2. The first-order valence-electron chi connectivity index (χ1n) is 7.55. The molecule has 1 saturated heterocycles. The average Bonchev–Trinajstić information content (AvgIpc) is 2.56. The number of rotatable bonds is 1. The molecule has 1 fully saturated rings. The van der Waals surface area contributed by atoms with Gasteiger partial charge in [-0.1, -0.05) is 0 Å². The van der Waals surface area contributed by atoms with Gasteiger partial charge in [0, 0.05) is 57.9 Å². The maximum absolute atomic E-state index is 6.26. The van der Waals surface area contributed by atoms with E-state index in [1.165, 1.54) is 11.4 Å². The lowest BCUT2D eigenvalue weighted by molar-refractivity contribution is 0.108. The van der Waals surface area contributed by atoms with E-state index in [1.54, 1.807) is 0 Å². The molecule has 4 heteroatoms. The van der Waals surface area contributed by atoms with Crippen LogP contribution in [0.5, 0.6) is 5.75 Å². The second kappa shape index (κ2) is 5.17. The van der Waals surface area contributed by atoms with Gasteiger partial charge < -0.3 is 19.9 Å². The van der Waals surface area contributed by atoms with Crippen molar-refractivity contribution in [3.8, 4) is 5.75 Å². The van der Waals surface area contributed by atoms with Gasteiger partial charge in [0.1, 0.15) is 11.4 Å². The maximum atomic E-state index is 6.26. The highest BCUT2D eigenvalue weighted by Gasteiger charge is 2.27. The Labute approximate surface area is 121 Å². The Kier molecular flexibility index (Phi) is 3.50. The molecule has 0 atom stereocenters. The molecule has 1 aromatic rings. The summed E-state index contributed by atoms with van der Waals surface area (Å²) in [6.45, 7) is 9.64. The van der Waals surface area contributed by atoms with Crippen LogP contribution in [0.25, 0.3) is 0 Å². The summed E-state index contributed by atoms with van der Waals surface area (Å²) in [6.07, 6.45) is 1.04. The third-order valence-corrected chi connectivity index (χ3v) is 4.27. The second-order valence-electron chi connectivity index (χ2n) is 6.42. The summed E-state index contributed by atoms with van der Waals surface area (Å²) in [7, 11) is 2.15. The van der Waals surface area contributed by atoms with Gasteiger partial charge in [0.05, 0.1) is 5.69 Å². The van der Waals surface area contributed by atoms with Crippen LogP contribution in [-0.2, 0) is 0 Å².